The molecule has 3 aromatic rings. The fourth-order valence-corrected chi connectivity index (χ4v) is 3.07. The maximum Gasteiger partial charge on any atom is 0.276 e. The zero-order valence-corrected chi connectivity index (χ0v) is 15.8. The van der Waals surface area contributed by atoms with E-state index < -0.39 is 0 Å². The molecule has 0 spiro atoms. The molecule has 4 rings (SSSR count). The van der Waals surface area contributed by atoms with E-state index in [1.54, 1.807) is 24.3 Å². The number of amides is 1. The first-order valence-electron chi connectivity index (χ1n) is 9.01. The van der Waals surface area contributed by atoms with E-state index in [9.17, 15) is 4.79 Å². The first-order valence-corrected chi connectivity index (χ1v) is 9.01. The predicted molar refractivity (Wildman–Crippen MR) is 103 cm³/mol. The molecule has 0 radical (unpaired) electrons. The molecule has 0 aliphatic carbocycles. The summed E-state index contributed by atoms with van der Waals surface area (Å²) in [5, 5.41) is 10.9. The van der Waals surface area contributed by atoms with Crippen LogP contribution in [0.2, 0.25) is 0 Å². The lowest BCUT2D eigenvalue weighted by Crippen LogP contribution is -2.49. The Morgan fingerprint density at radius 3 is 2.57 bits per heavy atom. The van der Waals surface area contributed by atoms with Crippen LogP contribution < -0.4 is 10.2 Å². The number of pyridine rings is 1. The van der Waals surface area contributed by atoms with Crippen LogP contribution in [0.1, 0.15) is 16.1 Å². The van der Waals surface area contributed by atoms with Crippen molar-refractivity contribution >= 4 is 23.4 Å². The average molecular weight is 379 g/mol. The molecule has 1 aliphatic heterocycles. The number of piperazine rings is 1. The lowest BCUT2D eigenvalue weighted by atomic mass is 10.2. The second-order valence-electron chi connectivity index (χ2n) is 6.66. The molecule has 0 aromatic carbocycles. The summed E-state index contributed by atoms with van der Waals surface area (Å²) in [7, 11) is 1.74. The summed E-state index contributed by atoms with van der Waals surface area (Å²) in [5.41, 5.74) is 1.49. The van der Waals surface area contributed by atoms with Crippen LogP contribution in [0.3, 0.4) is 0 Å². The minimum absolute atomic E-state index is 0.0942. The number of hydrogen-bond acceptors (Lipinski definition) is 8. The van der Waals surface area contributed by atoms with Gasteiger partial charge in [0, 0.05) is 45.5 Å². The Balaban J connectivity index is 1.40. The van der Waals surface area contributed by atoms with Crippen molar-refractivity contribution in [3.05, 3.63) is 48.2 Å². The lowest BCUT2D eigenvalue weighted by molar-refractivity contribution is 0.0740. The molecule has 10 heteroatoms. The Morgan fingerprint density at radius 1 is 1.07 bits per heavy atom. The summed E-state index contributed by atoms with van der Waals surface area (Å²) in [6.45, 7) is 4.58. The molecule has 1 amide bonds. The van der Waals surface area contributed by atoms with E-state index in [1.807, 2.05) is 25.1 Å². The molecule has 1 aliphatic rings. The summed E-state index contributed by atoms with van der Waals surface area (Å²) in [4.78, 5) is 29.4. The van der Waals surface area contributed by atoms with E-state index in [4.69, 9.17) is 0 Å². The first-order chi connectivity index (χ1) is 13.6. The molecular formula is C18H21N9O. The van der Waals surface area contributed by atoms with Crippen molar-refractivity contribution in [3.63, 3.8) is 0 Å². The predicted octanol–water partition coefficient (Wildman–Crippen LogP) is 1.01. The SMILES string of the molecule is Cc1ccnc(Nc2cc(N3CCN(C(=O)c4cn(C)nn4)CC3)ncn2)c1. The van der Waals surface area contributed by atoms with Crippen molar-refractivity contribution in [1.29, 1.82) is 0 Å². The highest BCUT2D eigenvalue weighted by Crippen LogP contribution is 2.19. The molecule has 0 unspecified atom stereocenters. The number of hydrogen-bond donors (Lipinski definition) is 1. The van der Waals surface area contributed by atoms with Crippen molar-refractivity contribution < 1.29 is 4.79 Å². The van der Waals surface area contributed by atoms with Crippen molar-refractivity contribution in [2.24, 2.45) is 7.05 Å². The summed E-state index contributed by atoms with van der Waals surface area (Å²) in [5.74, 6) is 2.14. The molecule has 28 heavy (non-hydrogen) atoms. The normalized spacial score (nSPS) is 14.2. The van der Waals surface area contributed by atoms with Crippen LogP contribution in [-0.2, 0) is 7.05 Å². The Kier molecular flexibility index (Phi) is 4.83. The Morgan fingerprint density at radius 2 is 1.86 bits per heavy atom. The number of rotatable bonds is 4. The Hall–Kier alpha value is -3.56. The molecule has 1 N–H and O–H groups in total. The Labute approximate surface area is 162 Å². The number of carbonyl (C=O) groups excluding carboxylic acids is 1. The maximum atomic E-state index is 12.5. The van der Waals surface area contributed by atoms with Crippen LogP contribution in [0.4, 0.5) is 17.5 Å². The fraction of sp³-hybridized carbons (Fsp3) is 0.333. The molecule has 0 bridgehead atoms. The monoisotopic (exact) mass is 379 g/mol. The van der Waals surface area contributed by atoms with E-state index >= 15 is 0 Å². The number of carbonyl (C=O) groups is 1. The minimum Gasteiger partial charge on any atom is -0.353 e. The second kappa shape index (κ2) is 7.59. The van der Waals surface area contributed by atoms with Gasteiger partial charge in [-0.15, -0.1) is 5.10 Å². The third-order valence-corrected chi connectivity index (χ3v) is 4.54. The average Bonchev–Trinajstić information content (AvgIpc) is 3.14. The van der Waals surface area contributed by atoms with Crippen LogP contribution in [0.5, 0.6) is 0 Å². The number of aromatic nitrogens is 6. The number of nitrogens with one attached hydrogen (secondary N) is 1. The summed E-state index contributed by atoms with van der Waals surface area (Å²) in [6, 6.07) is 5.79. The Bertz CT molecular complexity index is 978. The van der Waals surface area contributed by atoms with Gasteiger partial charge in [0.05, 0.1) is 6.20 Å². The maximum absolute atomic E-state index is 12.5. The number of aryl methyl sites for hydroxylation is 2. The molecule has 0 atom stereocenters. The fourth-order valence-electron chi connectivity index (χ4n) is 3.07. The van der Waals surface area contributed by atoms with E-state index in [0.717, 1.165) is 17.2 Å². The topological polar surface area (TPSA) is 105 Å². The van der Waals surface area contributed by atoms with Gasteiger partial charge in [-0.25, -0.2) is 15.0 Å². The zero-order valence-electron chi connectivity index (χ0n) is 15.8. The van der Waals surface area contributed by atoms with E-state index in [2.05, 4.69) is 35.5 Å². The molecule has 1 fully saturated rings. The van der Waals surface area contributed by atoms with Crippen molar-refractivity contribution in [1.82, 2.24) is 34.8 Å². The number of nitrogens with zero attached hydrogens (tertiary/aromatic N) is 8. The van der Waals surface area contributed by atoms with Crippen LogP contribution in [0.25, 0.3) is 0 Å². The zero-order chi connectivity index (χ0) is 19.5. The third kappa shape index (κ3) is 3.90. The van der Waals surface area contributed by atoms with Crippen molar-refractivity contribution in [2.45, 2.75) is 6.92 Å². The van der Waals surface area contributed by atoms with Gasteiger partial charge in [0.1, 0.15) is 23.8 Å². The smallest absolute Gasteiger partial charge is 0.276 e. The van der Waals surface area contributed by atoms with Gasteiger partial charge in [-0.2, -0.15) is 0 Å². The van der Waals surface area contributed by atoms with Gasteiger partial charge >= 0.3 is 0 Å². The van der Waals surface area contributed by atoms with Gasteiger partial charge in [-0.05, 0) is 24.6 Å². The van der Waals surface area contributed by atoms with Crippen molar-refractivity contribution in [3.8, 4) is 0 Å². The molecule has 4 heterocycles. The van der Waals surface area contributed by atoms with Crippen LogP contribution >= 0.6 is 0 Å². The summed E-state index contributed by atoms with van der Waals surface area (Å²) < 4.78 is 1.53. The van der Waals surface area contributed by atoms with Gasteiger partial charge in [0.15, 0.2) is 5.69 Å². The molecule has 144 valence electrons. The largest absolute Gasteiger partial charge is 0.353 e. The standard InChI is InChI=1S/C18H21N9O/c1-13-3-4-19-15(9-13)22-16-10-17(21-12-20-16)26-5-7-27(8-6-26)18(28)14-11-25(2)24-23-14/h3-4,9-12H,5-8H2,1-2H3,(H,19,20,21,22). The third-order valence-electron chi connectivity index (χ3n) is 4.54. The molecule has 3 aromatic heterocycles. The summed E-state index contributed by atoms with van der Waals surface area (Å²) >= 11 is 0. The molecule has 1 saturated heterocycles. The lowest BCUT2D eigenvalue weighted by Gasteiger charge is -2.35. The highest BCUT2D eigenvalue weighted by molar-refractivity contribution is 5.92. The van der Waals surface area contributed by atoms with E-state index in [1.165, 1.54) is 11.0 Å². The quantitative estimate of drug-likeness (QED) is 0.716. The first kappa shape index (κ1) is 17.8. The molecule has 10 nitrogen and oxygen atoms in total. The molecular weight excluding hydrogens is 358 g/mol. The van der Waals surface area contributed by atoms with Gasteiger partial charge in [-0.3, -0.25) is 9.48 Å². The highest BCUT2D eigenvalue weighted by Gasteiger charge is 2.24. The van der Waals surface area contributed by atoms with E-state index in [-0.39, 0.29) is 5.91 Å². The van der Waals surface area contributed by atoms with E-state index in [0.29, 0.717) is 37.7 Å². The summed E-state index contributed by atoms with van der Waals surface area (Å²) in [6.07, 6.45) is 4.92. The second-order valence-corrected chi connectivity index (χ2v) is 6.66. The minimum atomic E-state index is -0.0942. The molecule has 0 saturated carbocycles. The van der Waals surface area contributed by atoms with Gasteiger partial charge in [0.25, 0.3) is 5.91 Å². The van der Waals surface area contributed by atoms with Crippen LogP contribution in [-0.4, -0.2) is 66.9 Å². The van der Waals surface area contributed by atoms with Gasteiger partial charge < -0.3 is 15.1 Å². The van der Waals surface area contributed by atoms with Gasteiger partial charge in [0.2, 0.25) is 0 Å². The van der Waals surface area contributed by atoms with Crippen molar-refractivity contribution in [2.75, 3.05) is 36.4 Å². The van der Waals surface area contributed by atoms with Gasteiger partial charge in [-0.1, -0.05) is 5.21 Å². The number of anilines is 3. The highest BCUT2D eigenvalue weighted by atomic mass is 16.2. The van der Waals surface area contributed by atoms with Crippen LogP contribution in [0.15, 0.2) is 36.9 Å². The van der Waals surface area contributed by atoms with Crippen LogP contribution in [0, 0.1) is 6.92 Å².